The first kappa shape index (κ1) is 27.5. The number of aryl methyl sites for hydroxylation is 1. The van der Waals surface area contributed by atoms with Gasteiger partial charge in [-0.25, -0.2) is 13.9 Å². The summed E-state index contributed by atoms with van der Waals surface area (Å²) in [6.07, 6.45) is 2.76. The Balaban J connectivity index is 1.31. The molecule has 1 aliphatic carbocycles. The summed E-state index contributed by atoms with van der Waals surface area (Å²) in [7, 11) is 0. The molecule has 12 heteroatoms. The van der Waals surface area contributed by atoms with Crippen molar-refractivity contribution in [3.05, 3.63) is 72.5 Å². The largest absolute Gasteiger partial charge is 0.420 e. The van der Waals surface area contributed by atoms with Gasteiger partial charge in [0, 0.05) is 49.2 Å². The predicted octanol–water partition coefficient (Wildman–Crippen LogP) is 6.68. The maximum Gasteiger partial charge on any atom is 0.420 e. The van der Waals surface area contributed by atoms with Gasteiger partial charge >= 0.3 is 6.18 Å². The molecule has 1 fully saturated rings. The minimum absolute atomic E-state index is 0.0748. The normalized spacial score (nSPS) is 13.6. The zero-order valence-electron chi connectivity index (χ0n) is 21.7. The van der Waals surface area contributed by atoms with E-state index >= 15 is 0 Å². The second-order valence-electron chi connectivity index (χ2n) is 9.91. The first-order valence-corrected chi connectivity index (χ1v) is 13.2. The lowest BCUT2D eigenvalue weighted by atomic mass is 10.0. The van der Waals surface area contributed by atoms with Crippen LogP contribution < -0.4 is 4.90 Å². The van der Waals surface area contributed by atoms with Crippen LogP contribution in [-0.4, -0.2) is 37.2 Å². The number of anilines is 1. The predicted molar refractivity (Wildman–Crippen MR) is 139 cm³/mol. The van der Waals surface area contributed by atoms with E-state index in [4.69, 9.17) is 4.52 Å². The van der Waals surface area contributed by atoms with Crippen LogP contribution in [0.2, 0.25) is 0 Å². The summed E-state index contributed by atoms with van der Waals surface area (Å²) in [6, 6.07) is 7.72. The van der Waals surface area contributed by atoms with Gasteiger partial charge in [0.1, 0.15) is 11.9 Å². The minimum Gasteiger partial charge on any atom is -0.339 e. The average molecular weight is 557 g/mol. The molecule has 0 N–H and O–H groups in total. The van der Waals surface area contributed by atoms with Gasteiger partial charge in [-0.3, -0.25) is 4.79 Å². The van der Waals surface area contributed by atoms with Crippen molar-refractivity contribution >= 4 is 17.2 Å². The quantitative estimate of drug-likeness (QED) is 0.143. The highest BCUT2D eigenvalue weighted by molar-refractivity contribution is 5.94. The van der Waals surface area contributed by atoms with E-state index in [9.17, 15) is 22.4 Å². The number of hydrogen-bond donors (Lipinski definition) is 0. The molecule has 0 aliphatic heterocycles. The van der Waals surface area contributed by atoms with Crippen molar-refractivity contribution in [2.75, 3.05) is 11.4 Å². The van der Waals surface area contributed by atoms with Crippen molar-refractivity contribution in [3.8, 4) is 11.1 Å². The molecule has 0 spiro atoms. The van der Waals surface area contributed by atoms with Crippen molar-refractivity contribution < 1.29 is 26.9 Å². The SMILES string of the molecule is C=C(F)CCC(=O)N(CCCCCc1nc(C2CC2)no1)c1cccc(-c2cc(C(F)(F)F)c3ncnn3c2)c1. The van der Waals surface area contributed by atoms with Gasteiger partial charge in [0.2, 0.25) is 11.8 Å². The summed E-state index contributed by atoms with van der Waals surface area (Å²) >= 11 is 0. The molecule has 0 radical (unpaired) electrons. The van der Waals surface area contributed by atoms with E-state index in [0.29, 0.717) is 42.4 Å². The fraction of sp³-hybridized carbons (Fsp3) is 0.393. The smallest absolute Gasteiger partial charge is 0.339 e. The number of fused-ring (bicyclic) bond motifs is 1. The molecule has 1 aromatic carbocycles. The average Bonchev–Trinajstić information content (AvgIpc) is 3.47. The van der Waals surface area contributed by atoms with Crippen LogP contribution in [0.3, 0.4) is 0 Å². The van der Waals surface area contributed by atoms with Crippen LogP contribution >= 0.6 is 0 Å². The van der Waals surface area contributed by atoms with Gasteiger partial charge in [-0.15, -0.1) is 0 Å². The Labute approximate surface area is 227 Å². The monoisotopic (exact) mass is 556 g/mol. The van der Waals surface area contributed by atoms with Crippen molar-refractivity contribution in [2.45, 2.75) is 63.5 Å². The molecule has 0 saturated heterocycles. The Hall–Kier alpha value is -4.09. The first-order chi connectivity index (χ1) is 19.2. The van der Waals surface area contributed by atoms with Crippen LogP contribution in [0.4, 0.5) is 23.2 Å². The molecule has 3 heterocycles. The number of allylic oxidation sites excluding steroid dienone is 1. The number of benzene rings is 1. The maximum atomic E-state index is 13.7. The molecule has 1 saturated carbocycles. The molecule has 0 atom stereocenters. The zero-order chi connectivity index (χ0) is 28.3. The molecule has 40 heavy (non-hydrogen) atoms. The Morgan fingerprint density at radius 2 is 1.95 bits per heavy atom. The molecule has 8 nitrogen and oxygen atoms in total. The summed E-state index contributed by atoms with van der Waals surface area (Å²) < 4.78 is 60.9. The zero-order valence-corrected chi connectivity index (χ0v) is 21.7. The van der Waals surface area contributed by atoms with Gasteiger partial charge in [0.05, 0.1) is 5.83 Å². The summed E-state index contributed by atoms with van der Waals surface area (Å²) in [5.74, 6) is 0.905. The summed E-state index contributed by atoms with van der Waals surface area (Å²) in [5.41, 5.74) is 0.0377. The molecule has 1 amide bonds. The fourth-order valence-electron chi connectivity index (χ4n) is 4.52. The standard InChI is InChI=1S/C28H28F4N6O2/c1-18(29)9-12-25(39)37(13-4-2-3-8-24-35-26(36-40-24)19-10-11-19)22-7-5-6-20(14-22)21-15-23(28(30,31)32)27-33-17-34-38(27)16-21/h5-7,14-17,19H,1-4,8-13H2. The van der Waals surface area contributed by atoms with Crippen LogP contribution in [0.25, 0.3) is 16.8 Å². The second kappa shape index (κ2) is 11.6. The molecule has 5 rings (SSSR count). The molecular formula is C28H28F4N6O2. The highest BCUT2D eigenvalue weighted by Crippen LogP contribution is 2.38. The number of carbonyl (C=O) groups is 1. The van der Waals surface area contributed by atoms with E-state index in [1.54, 1.807) is 29.2 Å². The molecule has 0 bridgehead atoms. The number of aromatic nitrogens is 5. The van der Waals surface area contributed by atoms with Crippen LogP contribution in [0.1, 0.15) is 68.1 Å². The number of nitrogens with zero attached hydrogens (tertiary/aromatic N) is 6. The van der Waals surface area contributed by atoms with E-state index in [2.05, 4.69) is 26.8 Å². The van der Waals surface area contributed by atoms with E-state index in [0.717, 1.165) is 48.4 Å². The molecule has 0 unspecified atom stereocenters. The lowest BCUT2D eigenvalue weighted by molar-refractivity contribution is -0.136. The fourth-order valence-corrected chi connectivity index (χ4v) is 4.52. The lowest BCUT2D eigenvalue weighted by Gasteiger charge is -2.24. The number of hydrogen-bond acceptors (Lipinski definition) is 6. The highest BCUT2D eigenvalue weighted by Gasteiger charge is 2.35. The van der Waals surface area contributed by atoms with Crippen LogP contribution in [0.15, 0.2) is 59.8 Å². The van der Waals surface area contributed by atoms with Crippen LogP contribution in [-0.2, 0) is 17.4 Å². The third-order valence-electron chi connectivity index (χ3n) is 6.78. The highest BCUT2D eigenvalue weighted by atomic mass is 19.4. The van der Waals surface area contributed by atoms with E-state index in [1.165, 1.54) is 6.20 Å². The van der Waals surface area contributed by atoms with Crippen molar-refractivity contribution in [3.63, 3.8) is 0 Å². The topological polar surface area (TPSA) is 89.4 Å². The van der Waals surface area contributed by atoms with Crippen LogP contribution in [0, 0.1) is 0 Å². The Bertz CT molecular complexity index is 1510. The Morgan fingerprint density at radius 3 is 2.70 bits per heavy atom. The second-order valence-corrected chi connectivity index (χ2v) is 9.91. The summed E-state index contributed by atoms with van der Waals surface area (Å²) in [6.45, 7) is 3.59. The number of amides is 1. The van der Waals surface area contributed by atoms with Gasteiger partial charge in [0.25, 0.3) is 0 Å². The number of halogens is 4. The van der Waals surface area contributed by atoms with Gasteiger partial charge < -0.3 is 9.42 Å². The third kappa shape index (κ3) is 6.54. The molecule has 210 valence electrons. The minimum atomic E-state index is -4.63. The van der Waals surface area contributed by atoms with Gasteiger partial charge in [-0.05, 0) is 49.4 Å². The van der Waals surface area contributed by atoms with Crippen LogP contribution in [0.5, 0.6) is 0 Å². The molecular weight excluding hydrogens is 528 g/mol. The first-order valence-electron chi connectivity index (χ1n) is 13.2. The Morgan fingerprint density at radius 1 is 1.12 bits per heavy atom. The Kier molecular flexibility index (Phi) is 7.95. The van der Waals surface area contributed by atoms with Crippen molar-refractivity contribution in [2.24, 2.45) is 0 Å². The van der Waals surface area contributed by atoms with Gasteiger partial charge in [-0.1, -0.05) is 30.3 Å². The summed E-state index contributed by atoms with van der Waals surface area (Å²) in [5, 5.41) is 7.90. The van der Waals surface area contributed by atoms with E-state index in [1.807, 2.05) is 0 Å². The summed E-state index contributed by atoms with van der Waals surface area (Å²) in [4.78, 5) is 22.8. The molecule has 1 aliphatic rings. The molecule has 4 aromatic rings. The maximum absolute atomic E-state index is 13.7. The third-order valence-corrected chi connectivity index (χ3v) is 6.78. The van der Waals surface area contributed by atoms with E-state index in [-0.39, 0.29) is 30.0 Å². The van der Waals surface area contributed by atoms with Gasteiger partial charge in [-0.2, -0.15) is 23.3 Å². The van der Waals surface area contributed by atoms with E-state index < -0.39 is 17.6 Å². The lowest BCUT2D eigenvalue weighted by Crippen LogP contribution is -2.31. The molecule has 3 aromatic heterocycles. The number of unbranched alkanes of at least 4 members (excludes halogenated alkanes) is 2. The van der Waals surface area contributed by atoms with Gasteiger partial charge in [0.15, 0.2) is 11.5 Å². The van der Waals surface area contributed by atoms with Crippen molar-refractivity contribution in [1.82, 2.24) is 24.7 Å². The van der Waals surface area contributed by atoms with Crippen molar-refractivity contribution in [1.29, 1.82) is 0 Å². The number of alkyl halides is 3. The number of rotatable bonds is 12. The number of pyridine rings is 1. The number of carbonyl (C=O) groups excluding carboxylic acids is 1.